The number of hydrogen-bond donors (Lipinski definition) is 2. The van der Waals surface area contributed by atoms with Crippen molar-refractivity contribution in [2.45, 2.75) is 39.7 Å². The second-order valence-corrected chi connectivity index (χ2v) is 7.01. The number of carbonyl (C=O) groups is 2. The molecule has 0 saturated carbocycles. The fraction of sp³-hybridized carbons (Fsp3) is 0.579. The van der Waals surface area contributed by atoms with Crippen molar-refractivity contribution in [3.63, 3.8) is 0 Å². The zero-order valence-electron chi connectivity index (χ0n) is 15.4. The minimum atomic E-state index is -0.405. The number of para-hydroxylation sites is 1. The second kappa shape index (κ2) is 8.34. The Morgan fingerprint density at radius 3 is 2.72 bits per heavy atom. The van der Waals surface area contributed by atoms with Gasteiger partial charge >= 0.3 is 0 Å². The molecule has 1 saturated heterocycles. The first-order chi connectivity index (χ1) is 11.9. The van der Waals surface area contributed by atoms with Gasteiger partial charge in [-0.2, -0.15) is 0 Å². The summed E-state index contributed by atoms with van der Waals surface area (Å²) in [4.78, 5) is 26.3. The minimum Gasteiger partial charge on any atom is -0.494 e. The Bertz CT molecular complexity index is 620. The Morgan fingerprint density at radius 2 is 2.12 bits per heavy atom. The first-order valence-electron chi connectivity index (χ1n) is 8.85. The first-order valence-corrected chi connectivity index (χ1v) is 8.85. The molecular formula is C19H29N3O3. The van der Waals surface area contributed by atoms with Crippen molar-refractivity contribution in [3.8, 4) is 5.75 Å². The van der Waals surface area contributed by atoms with E-state index in [-0.39, 0.29) is 23.7 Å². The summed E-state index contributed by atoms with van der Waals surface area (Å²) in [6.07, 6.45) is 1.12. The quantitative estimate of drug-likeness (QED) is 0.788. The molecule has 1 aliphatic rings. The Labute approximate surface area is 149 Å². The van der Waals surface area contributed by atoms with Crippen LogP contribution in [0.2, 0.25) is 0 Å². The van der Waals surface area contributed by atoms with Crippen LogP contribution in [0, 0.1) is 5.41 Å². The molecule has 1 heterocycles. The lowest BCUT2D eigenvalue weighted by Gasteiger charge is -2.25. The number of ether oxygens (including phenoxy) is 1. The van der Waals surface area contributed by atoms with E-state index in [0.717, 1.165) is 12.0 Å². The van der Waals surface area contributed by atoms with Gasteiger partial charge in [0.15, 0.2) is 0 Å². The van der Waals surface area contributed by atoms with Gasteiger partial charge in [-0.15, -0.1) is 0 Å². The number of nitrogens with zero attached hydrogens (tertiary/aromatic N) is 1. The molecule has 0 aromatic heterocycles. The third-order valence-corrected chi connectivity index (χ3v) is 4.75. The number of hydrogen-bond acceptors (Lipinski definition) is 4. The monoisotopic (exact) mass is 347 g/mol. The van der Waals surface area contributed by atoms with Crippen LogP contribution in [0.5, 0.6) is 5.75 Å². The molecule has 1 aromatic rings. The van der Waals surface area contributed by atoms with E-state index < -0.39 is 6.04 Å². The molecular weight excluding hydrogens is 318 g/mol. The molecule has 2 unspecified atom stereocenters. The maximum atomic E-state index is 12.8. The highest BCUT2D eigenvalue weighted by atomic mass is 16.5. The van der Waals surface area contributed by atoms with Crippen molar-refractivity contribution in [1.29, 1.82) is 0 Å². The number of rotatable bonds is 7. The lowest BCUT2D eigenvalue weighted by atomic mass is 9.90. The lowest BCUT2D eigenvalue weighted by Crippen LogP contribution is -2.37. The molecule has 6 heteroatoms. The Morgan fingerprint density at radius 1 is 1.40 bits per heavy atom. The van der Waals surface area contributed by atoms with E-state index in [1.807, 2.05) is 36.1 Å². The third kappa shape index (κ3) is 4.95. The van der Waals surface area contributed by atoms with Crippen molar-refractivity contribution in [2.75, 3.05) is 26.2 Å². The smallest absolute Gasteiger partial charge is 0.225 e. The molecule has 6 nitrogen and oxygen atoms in total. The number of carbonyl (C=O) groups excluding carboxylic acids is 2. The van der Waals surface area contributed by atoms with Crippen LogP contribution < -0.4 is 15.8 Å². The number of likely N-dealkylation sites (tertiary alicyclic amines) is 1. The van der Waals surface area contributed by atoms with Crippen LogP contribution in [0.15, 0.2) is 24.3 Å². The maximum absolute atomic E-state index is 12.8. The van der Waals surface area contributed by atoms with Gasteiger partial charge in [-0.3, -0.25) is 9.59 Å². The van der Waals surface area contributed by atoms with Crippen LogP contribution in [0.4, 0.5) is 0 Å². The number of amides is 2. The molecule has 0 aliphatic carbocycles. The third-order valence-electron chi connectivity index (χ3n) is 4.75. The number of benzene rings is 1. The standard InChI is InChI=1S/C19H29N3O3/c1-4-25-17-8-6-5-7-15(17)16(21-14(2)23)11-18(24)22-10-9-19(3,12-20)13-22/h5-8,16H,4,9-13,20H2,1-3H3,(H,21,23). The first kappa shape index (κ1) is 19.2. The summed E-state index contributed by atoms with van der Waals surface area (Å²) in [5.74, 6) is 0.560. The van der Waals surface area contributed by atoms with E-state index in [1.165, 1.54) is 6.92 Å². The summed E-state index contributed by atoms with van der Waals surface area (Å²) in [7, 11) is 0. The van der Waals surface area contributed by atoms with Crippen LogP contribution >= 0.6 is 0 Å². The van der Waals surface area contributed by atoms with E-state index in [0.29, 0.717) is 32.0 Å². The summed E-state index contributed by atoms with van der Waals surface area (Å²) < 4.78 is 5.66. The maximum Gasteiger partial charge on any atom is 0.225 e. The molecule has 25 heavy (non-hydrogen) atoms. The van der Waals surface area contributed by atoms with E-state index >= 15 is 0 Å². The molecule has 138 valence electrons. The topological polar surface area (TPSA) is 84.7 Å². The average molecular weight is 347 g/mol. The molecule has 1 fully saturated rings. The molecule has 2 amide bonds. The highest BCUT2D eigenvalue weighted by Crippen LogP contribution is 2.32. The highest BCUT2D eigenvalue weighted by Gasteiger charge is 2.35. The number of nitrogens with one attached hydrogen (secondary N) is 1. The summed E-state index contributed by atoms with van der Waals surface area (Å²) in [6.45, 7) is 7.96. The van der Waals surface area contributed by atoms with Crippen molar-refractivity contribution < 1.29 is 14.3 Å². The zero-order chi connectivity index (χ0) is 18.4. The molecule has 1 aliphatic heterocycles. The normalized spacial score (nSPS) is 21.0. The van der Waals surface area contributed by atoms with Crippen LogP contribution in [-0.4, -0.2) is 43.0 Å². The Hall–Kier alpha value is -2.08. The Kier molecular flexibility index (Phi) is 6.42. The van der Waals surface area contributed by atoms with Gasteiger partial charge in [0, 0.05) is 25.6 Å². The van der Waals surface area contributed by atoms with E-state index in [9.17, 15) is 9.59 Å². The van der Waals surface area contributed by atoms with E-state index in [2.05, 4.69) is 12.2 Å². The van der Waals surface area contributed by atoms with Gasteiger partial charge in [-0.25, -0.2) is 0 Å². The fourth-order valence-electron chi connectivity index (χ4n) is 3.25. The molecule has 1 aromatic carbocycles. The summed E-state index contributed by atoms with van der Waals surface area (Å²) >= 11 is 0. The van der Waals surface area contributed by atoms with Gasteiger partial charge in [0.25, 0.3) is 0 Å². The summed E-state index contributed by atoms with van der Waals surface area (Å²) in [5.41, 5.74) is 6.65. The van der Waals surface area contributed by atoms with Gasteiger partial charge in [-0.05, 0) is 31.4 Å². The van der Waals surface area contributed by atoms with E-state index in [4.69, 9.17) is 10.5 Å². The SMILES string of the molecule is CCOc1ccccc1C(CC(=O)N1CCC(C)(CN)C1)NC(C)=O. The van der Waals surface area contributed by atoms with Crippen LogP contribution in [-0.2, 0) is 9.59 Å². The van der Waals surface area contributed by atoms with Crippen LogP contribution in [0.25, 0.3) is 0 Å². The fourth-order valence-corrected chi connectivity index (χ4v) is 3.25. The predicted molar refractivity (Wildman–Crippen MR) is 97.1 cm³/mol. The van der Waals surface area contributed by atoms with Crippen LogP contribution in [0.1, 0.15) is 45.2 Å². The van der Waals surface area contributed by atoms with Gasteiger partial charge < -0.3 is 20.7 Å². The van der Waals surface area contributed by atoms with Crippen molar-refractivity contribution in [2.24, 2.45) is 11.1 Å². The molecule has 0 bridgehead atoms. The highest BCUT2D eigenvalue weighted by molar-refractivity contribution is 5.79. The average Bonchev–Trinajstić information content (AvgIpc) is 2.98. The summed E-state index contributed by atoms with van der Waals surface area (Å²) in [6, 6.07) is 7.12. The van der Waals surface area contributed by atoms with Crippen molar-refractivity contribution >= 4 is 11.8 Å². The van der Waals surface area contributed by atoms with Crippen molar-refractivity contribution in [3.05, 3.63) is 29.8 Å². The molecule has 0 spiro atoms. The summed E-state index contributed by atoms with van der Waals surface area (Å²) in [5, 5.41) is 2.89. The van der Waals surface area contributed by atoms with Gasteiger partial charge in [0.1, 0.15) is 5.75 Å². The van der Waals surface area contributed by atoms with Gasteiger partial charge in [0.05, 0.1) is 19.1 Å². The lowest BCUT2D eigenvalue weighted by molar-refractivity contribution is -0.131. The second-order valence-electron chi connectivity index (χ2n) is 7.01. The predicted octanol–water partition coefficient (Wildman–Crippen LogP) is 1.85. The molecule has 2 rings (SSSR count). The van der Waals surface area contributed by atoms with Crippen LogP contribution in [0.3, 0.4) is 0 Å². The number of nitrogens with two attached hydrogens (primary N) is 1. The zero-order valence-corrected chi connectivity index (χ0v) is 15.4. The molecule has 0 radical (unpaired) electrons. The Balaban J connectivity index is 2.16. The van der Waals surface area contributed by atoms with E-state index in [1.54, 1.807) is 0 Å². The van der Waals surface area contributed by atoms with Gasteiger partial charge in [-0.1, -0.05) is 25.1 Å². The molecule has 3 N–H and O–H groups in total. The van der Waals surface area contributed by atoms with Gasteiger partial charge in [0.2, 0.25) is 11.8 Å². The largest absolute Gasteiger partial charge is 0.494 e. The molecule has 2 atom stereocenters. The minimum absolute atomic E-state index is 0.0115. The van der Waals surface area contributed by atoms with Crippen molar-refractivity contribution in [1.82, 2.24) is 10.2 Å².